The highest BCUT2D eigenvalue weighted by Gasteiger charge is 2.02. The Balaban J connectivity index is 1.66. The molecule has 0 saturated heterocycles. The summed E-state index contributed by atoms with van der Waals surface area (Å²) < 4.78 is 3.87. The lowest BCUT2D eigenvalue weighted by Crippen LogP contribution is -2.02. The van der Waals surface area contributed by atoms with Gasteiger partial charge in [0.2, 0.25) is 0 Å². The van der Waals surface area contributed by atoms with Crippen molar-refractivity contribution in [2.24, 2.45) is 0 Å². The number of aryl methyl sites for hydroxylation is 2. The Morgan fingerprint density at radius 3 is 2.71 bits per heavy atom. The molecule has 21 heavy (non-hydrogen) atoms. The third kappa shape index (κ3) is 2.94. The van der Waals surface area contributed by atoms with Crippen LogP contribution in [0.3, 0.4) is 0 Å². The molecule has 0 amide bonds. The van der Waals surface area contributed by atoms with Gasteiger partial charge in [-0.2, -0.15) is 5.10 Å². The second-order valence-corrected chi connectivity index (χ2v) is 4.81. The zero-order valence-electron chi connectivity index (χ0n) is 12.2. The van der Waals surface area contributed by atoms with E-state index in [9.17, 15) is 0 Å². The van der Waals surface area contributed by atoms with Crippen molar-refractivity contribution in [3.63, 3.8) is 0 Å². The van der Waals surface area contributed by atoms with E-state index in [2.05, 4.69) is 27.3 Å². The highest BCUT2D eigenvalue weighted by atomic mass is 15.3. The van der Waals surface area contributed by atoms with E-state index in [1.807, 2.05) is 53.1 Å². The normalized spacial score (nSPS) is 10.8. The van der Waals surface area contributed by atoms with Crippen LogP contribution in [-0.2, 0) is 13.1 Å². The number of imidazole rings is 1. The van der Waals surface area contributed by atoms with Crippen LogP contribution in [-0.4, -0.2) is 24.3 Å². The highest BCUT2D eigenvalue weighted by molar-refractivity contribution is 5.44. The maximum atomic E-state index is 4.46. The molecule has 0 fully saturated rings. The third-order valence-electron chi connectivity index (χ3n) is 3.33. The summed E-state index contributed by atoms with van der Waals surface area (Å²) in [6.07, 6.45) is 9.44. The molecule has 0 aliphatic heterocycles. The smallest absolute Gasteiger partial charge is 0.138 e. The average Bonchev–Trinajstić information content (AvgIpc) is 3.14. The Labute approximate surface area is 123 Å². The summed E-state index contributed by atoms with van der Waals surface area (Å²) in [5, 5.41) is 7.60. The molecule has 0 aliphatic rings. The molecule has 0 aromatic carbocycles. The lowest BCUT2D eigenvalue weighted by atomic mass is 10.3. The van der Waals surface area contributed by atoms with Crippen molar-refractivity contribution in [2.45, 2.75) is 26.9 Å². The van der Waals surface area contributed by atoms with Crippen LogP contribution in [0.1, 0.15) is 18.3 Å². The van der Waals surface area contributed by atoms with Crippen LogP contribution < -0.4 is 5.32 Å². The number of rotatable bonds is 5. The van der Waals surface area contributed by atoms with Gasteiger partial charge in [-0.3, -0.25) is 9.25 Å². The molecule has 3 heterocycles. The van der Waals surface area contributed by atoms with Crippen LogP contribution in [0.4, 0.5) is 5.69 Å². The van der Waals surface area contributed by atoms with E-state index in [-0.39, 0.29) is 0 Å². The second-order valence-electron chi connectivity index (χ2n) is 4.81. The first-order valence-corrected chi connectivity index (χ1v) is 6.98. The van der Waals surface area contributed by atoms with Crippen molar-refractivity contribution in [3.05, 3.63) is 54.5 Å². The molecule has 0 bridgehead atoms. The molecule has 0 atom stereocenters. The van der Waals surface area contributed by atoms with Crippen LogP contribution in [0.15, 0.2) is 43.1 Å². The number of pyridine rings is 1. The fraction of sp³-hybridized carbons (Fsp3) is 0.267. The number of hydrogen-bond acceptors (Lipinski definition) is 4. The summed E-state index contributed by atoms with van der Waals surface area (Å²) in [5.74, 6) is 1.80. The van der Waals surface area contributed by atoms with Crippen molar-refractivity contribution >= 4 is 5.69 Å². The number of hydrogen-bond donors (Lipinski definition) is 1. The SMILES string of the molecule is CCn1cc(CNc2ccc(-n3ccnc3C)nc2)cn1. The lowest BCUT2D eigenvalue weighted by Gasteiger charge is -2.07. The van der Waals surface area contributed by atoms with E-state index in [0.29, 0.717) is 0 Å². The quantitative estimate of drug-likeness (QED) is 0.780. The fourth-order valence-electron chi connectivity index (χ4n) is 2.13. The van der Waals surface area contributed by atoms with Crippen LogP contribution in [0, 0.1) is 6.92 Å². The number of nitrogens with one attached hydrogen (secondary N) is 1. The van der Waals surface area contributed by atoms with E-state index in [4.69, 9.17) is 0 Å². The van der Waals surface area contributed by atoms with Gasteiger partial charge in [-0.1, -0.05) is 0 Å². The molecule has 3 aromatic rings. The maximum absolute atomic E-state index is 4.46. The summed E-state index contributed by atoms with van der Waals surface area (Å²) in [6, 6.07) is 4.00. The van der Waals surface area contributed by atoms with Gasteiger partial charge in [-0.05, 0) is 26.0 Å². The molecule has 3 rings (SSSR count). The first-order chi connectivity index (χ1) is 10.3. The minimum absolute atomic E-state index is 0.741. The largest absolute Gasteiger partial charge is 0.380 e. The zero-order valence-corrected chi connectivity index (χ0v) is 12.2. The van der Waals surface area contributed by atoms with Crippen molar-refractivity contribution in [1.29, 1.82) is 0 Å². The molecular weight excluding hydrogens is 264 g/mol. The predicted octanol–water partition coefficient (Wildman–Crippen LogP) is 2.40. The van der Waals surface area contributed by atoms with Gasteiger partial charge in [0.15, 0.2) is 0 Å². The molecule has 6 heteroatoms. The molecule has 1 N–H and O–H groups in total. The molecule has 0 saturated carbocycles. The van der Waals surface area contributed by atoms with Crippen LogP contribution in [0.5, 0.6) is 0 Å². The predicted molar refractivity (Wildman–Crippen MR) is 81.3 cm³/mol. The van der Waals surface area contributed by atoms with Crippen molar-refractivity contribution in [2.75, 3.05) is 5.32 Å². The van der Waals surface area contributed by atoms with Crippen LogP contribution >= 0.6 is 0 Å². The Morgan fingerprint density at radius 2 is 2.10 bits per heavy atom. The summed E-state index contributed by atoms with van der Waals surface area (Å²) in [4.78, 5) is 8.66. The highest BCUT2D eigenvalue weighted by Crippen LogP contribution is 2.12. The van der Waals surface area contributed by atoms with Gasteiger partial charge in [0, 0.05) is 37.2 Å². The molecule has 6 nitrogen and oxygen atoms in total. The topological polar surface area (TPSA) is 60.6 Å². The van der Waals surface area contributed by atoms with E-state index < -0.39 is 0 Å². The van der Waals surface area contributed by atoms with Crippen molar-refractivity contribution in [3.8, 4) is 5.82 Å². The Kier molecular flexibility index (Phi) is 3.68. The monoisotopic (exact) mass is 282 g/mol. The second kappa shape index (κ2) is 5.78. The summed E-state index contributed by atoms with van der Waals surface area (Å²) >= 11 is 0. The standard InChI is InChI=1S/C15H18N6/c1-3-20-11-13(9-19-20)8-17-14-4-5-15(18-10-14)21-7-6-16-12(21)2/h4-7,9-11,17H,3,8H2,1-2H3. The average molecular weight is 282 g/mol. The molecule has 0 spiro atoms. The first-order valence-electron chi connectivity index (χ1n) is 6.98. The first kappa shape index (κ1) is 13.4. The van der Waals surface area contributed by atoms with Crippen molar-refractivity contribution in [1.82, 2.24) is 24.3 Å². The Bertz CT molecular complexity index is 710. The van der Waals surface area contributed by atoms with Crippen LogP contribution in [0.25, 0.3) is 5.82 Å². The van der Waals surface area contributed by atoms with E-state index in [0.717, 1.165) is 36.0 Å². The molecule has 0 radical (unpaired) electrons. The van der Waals surface area contributed by atoms with Gasteiger partial charge < -0.3 is 5.32 Å². The lowest BCUT2D eigenvalue weighted by molar-refractivity contribution is 0.659. The van der Waals surface area contributed by atoms with Gasteiger partial charge in [-0.15, -0.1) is 0 Å². The summed E-state index contributed by atoms with van der Waals surface area (Å²) in [5.41, 5.74) is 2.15. The summed E-state index contributed by atoms with van der Waals surface area (Å²) in [7, 11) is 0. The minimum atomic E-state index is 0.741. The van der Waals surface area contributed by atoms with E-state index in [1.165, 1.54) is 0 Å². The number of anilines is 1. The molecule has 3 aromatic heterocycles. The van der Waals surface area contributed by atoms with Gasteiger partial charge in [0.1, 0.15) is 11.6 Å². The van der Waals surface area contributed by atoms with Gasteiger partial charge in [0.05, 0.1) is 18.1 Å². The van der Waals surface area contributed by atoms with Gasteiger partial charge in [-0.25, -0.2) is 9.97 Å². The maximum Gasteiger partial charge on any atom is 0.138 e. The molecule has 0 aliphatic carbocycles. The van der Waals surface area contributed by atoms with E-state index in [1.54, 1.807) is 6.20 Å². The van der Waals surface area contributed by atoms with Gasteiger partial charge in [0.25, 0.3) is 0 Å². The minimum Gasteiger partial charge on any atom is -0.380 e. The number of aromatic nitrogens is 5. The molecular formula is C15H18N6. The summed E-state index contributed by atoms with van der Waals surface area (Å²) in [6.45, 7) is 5.66. The van der Waals surface area contributed by atoms with E-state index >= 15 is 0 Å². The zero-order chi connectivity index (χ0) is 14.7. The van der Waals surface area contributed by atoms with Crippen LogP contribution in [0.2, 0.25) is 0 Å². The Morgan fingerprint density at radius 1 is 1.19 bits per heavy atom. The third-order valence-corrected chi connectivity index (χ3v) is 3.33. The number of nitrogens with zero attached hydrogens (tertiary/aromatic N) is 5. The molecule has 0 unspecified atom stereocenters. The Hall–Kier alpha value is -2.63. The molecule has 108 valence electrons. The fourth-order valence-corrected chi connectivity index (χ4v) is 2.13. The van der Waals surface area contributed by atoms with Gasteiger partial charge >= 0.3 is 0 Å². The van der Waals surface area contributed by atoms with Crippen molar-refractivity contribution < 1.29 is 0 Å².